The molecule has 1 heterocycles. The molecule has 15 heavy (non-hydrogen) atoms. The highest BCUT2D eigenvalue weighted by molar-refractivity contribution is 4.66. The van der Waals surface area contributed by atoms with Gasteiger partial charge in [-0.15, -0.1) is 0 Å². The zero-order chi connectivity index (χ0) is 10.8. The van der Waals surface area contributed by atoms with Crippen LogP contribution in [0.25, 0.3) is 0 Å². The van der Waals surface area contributed by atoms with E-state index in [0.29, 0.717) is 6.10 Å². The van der Waals surface area contributed by atoms with Crippen molar-refractivity contribution in [2.24, 2.45) is 0 Å². The third-order valence-electron chi connectivity index (χ3n) is 2.85. The van der Waals surface area contributed by atoms with E-state index in [0.717, 1.165) is 19.8 Å². The summed E-state index contributed by atoms with van der Waals surface area (Å²) < 4.78 is 10.5. The first-order chi connectivity index (χ1) is 7.43. The normalized spacial score (nSPS) is 19.4. The van der Waals surface area contributed by atoms with Crippen LogP contribution in [0.2, 0.25) is 0 Å². The van der Waals surface area contributed by atoms with Crippen molar-refractivity contribution in [3.8, 4) is 0 Å². The summed E-state index contributed by atoms with van der Waals surface area (Å²) in [5.41, 5.74) is 0. The van der Waals surface area contributed by atoms with Crippen LogP contribution in [0.3, 0.4) is 0 Å². The van der Waals surface area contributed by atoms with Crippen molar-refractivity contribution in [3.63, 3.8) is 0 Å². The molecule has 1 fully saturated rings. The summed E-state index contributed by atoms with van der Waals surface area (Å²) in [7, 11) is 0. The lowest BCUT2D eigenvalue weighted by atomic mass is 10.1. The Morgan fingerprint density at radius 3 is 2.20 bits per heavy atom. The van der Waals surface area contributed by atoms with Crippen molar-refractivity contribution in [1.29, 1.82) is 0 Å². The standard InChI is InChI=1S/C13H26O2/c1-2-3-4-5-6-7-8-9-10-14-11-13-12-15-13/h13H,2-12H2,1H3/t13-/m1/s1. The van der Waals surface area contributed by atoms with Gasteiger partial charge >= 0.3 is 0 Å². The molecule has 0 aromatic rings. The van der Waals surface area contributed by atoms with Gasteiger partial charge in [0, 0.05) is 6.61 Å². The fourth-order valence-electron chi connectivity index (χ4n) is 1.72. The minimum Gasteiger partial charge on any atom is -0.379 e. The summed E-state index contributed by atoms with van der Waals surface area (Å²) in [5.74, 6) is 0. The molecule has 0 amide bonds. The summed E-state index contributed by atoms with van der Waals surface area (Å²) in [6, 6.07) is 0. The summed E-state index contributed by atoms with van der Waals surface area (Å²) in [5, 5.41) is 0. The Labute approximate surface area is 94.3 Å². The van der Waals surface area contributed by atoms with Gasteiger partial charge < -0.3 is 9.47 Å². The molecule has 0 aliphatic carbocycles. The van der Waals surface area contributed by atoms with Crippen molar-refractivity contribution in [2.75, 3.05) is 19.8 Å². The lowest BCUT2D eigenvalue weighted by Gasteiger charge is -2.02. The lowest BCUT2D eigenvalue weighted by Crippen LogP contribution is -2.02. The van der Waals surface area contributed by atoms with E-state index in [-0.39, 0.29) is 0 Å². The zero-order valence-electron chi connectivity index (χ0n) is 10.2. The van der Waals surface area contributed by atoms with Gasteiger partial charge in [-0.1, -0.05) is 51.9 Å². The molecule has 1 aliphatic rings. The van der Waals surface area contributed by atoms with Gasteiger partial charge in [-0.25, -0.2) is 0 Å². The topological polar surface area (TPSA) is 21.8 Å². The third kappa shape index (κ3) is 8.88. The Morgan fingerprint density at radius 2 is 1.60 bits per heavy atom. The van der Waals surface area contributed by atoms with Crippen molar-refractivity contribution in [1.82, 2.24) is 0 Å². The summed E-state index contributed by atoms with van der Waals surface area (Å²) in [6.07, 6.45) is 11.4. The van der Waals surface area contributed by atoms with Gasteiger partial charge in [0.1, 0.15) is 6.10 Å². The number of unbranched alkanes of at least 4 members (excludes halogenated alkanes) is 7. The van der Waals surface area contributed by atoms with Crippen LogP contribution in [0.15, 0.2) is 0 Å². The number of hydrogen-bond donors (Lipinski definition) is 0. The highest BCUT2D eigenvalue weighted by Gasteiger charge is 2.21. The average Bonchev–Trinajstić information content (AvgIpc) is 3.05. The molecule has 1 saturated heterocycles. The maximum Gasteiger partial charge on any atom is 0.104 e. The molecule has 1 aliphatic heterocycles. The molecule has 90 valence electrons. The Balaban J connectivity index is 1.62. The highest BCUT2D eigenvalue weighted by Crippen LogP contribution is 2.10. The highest BCUT2D eigenvalue weighted by atomic mass is 16.6. The Morgan fingerprint density at radius 1 is 1.00 bits per heavy atom. The minimum absolute atomic E-state index is 0.430. The van der Waals surface area contributed by atoms with Crippen LogP contribution in [0.4, 0.5) is 0 Å². The van der Waals surface area contributed by atoms with Crippen LogP contribution >= 0.6 is 0 Å². The first-order valence-electron chi connectivity index (χ1n) is 6.63. The average molecular weight is 214 g/mol. The number of epoxide rings is 1. The van der Waals surface area contributed by atoms with Crippen LogP contribution < -0.4 is 0 Å². The second kappa shape index (κ2) is 9.17. The van der Waals surface area contributed by atoms with E-state index in [1.807, 2.05) is 0 Å². The largest absolute Gasteiger partial charge is 0.379 e. The minimum atomic E-state index is 0.430. The third-order valence-corrected chi connectivity index (χ3v) is 2.85. The lowest BCUT2D eigenvalue weighted by molar-refractivity contribution is 0.113. The molecule has 1 atom stereocenters. The number of ether oxygens (including phenoxy) is 2. The quantitative estimate of drug-likeness (QED) is 0.387. The van der Waals surface area contributed by atoms with Gasteiger partial charge in [-0.05, 0) is 6.42 Å². The molecule has 0 saturated carbocycles. The summed E-state index contributed by atoms with van der Waals surface area (Å²) in [4.78, 5) is 0. The predicted molar refractivity (Wildman–Crippen MR) is 63.2 cm³/mol. The van der Waals surface area contributed by atoms with Crippen LogP contribution in [0, 0.1) is 0 Å². The molecule has 2 nitrogen and oxygen atoms in total. The van der Waals surface area contributed by atoms with E-state index in [9.17, 15) is 0 Å². The van der Waals surface area contributed by atoms with E-state index < -0.39 is 0 Å². The van der Waals surface area contributed by atoms with E-state index in [2.05, 4.69) is 6.92 Å². The van der Waals surface area contributed by atoms with Gasteiger partial charge in [-0.2, -0.15) is 0 Å². The van der Waals surface area contributed by atoms with Crippen LogP contribution in [-0.2, 0) is 9.47 Å². The van der Waals surface area contributed by atoms with Crippen molar-refractivity contribution < 1.29 is 9.47 Å². The van der Waals surface area contributed by atoms with E-state index in [4.69, 9.17) is 9.47 Å². The molecule has 0 bridgehead atoms. The molecule has 0 aromatic heterocycles. The molecule has 0 N–H and O–H groups in total. The smallest absolute Gasteiger partial charge is 0.104 e. The molecule has 2 heteroatoms. The van der Waals surface area contributed by atoms with E-state index >= 15 is 0 Å². The van der Waals surface area contributed by atoms with Crippen molar-refractivity contribution >= 4 is 0 Å². The second-order valence-corrected chi connectivity index (χ2v) is 4.51. The number of rotatable bonds is 11. The van der Waals surface area contributed by atoms with E-state index in [1.54, 1.807) is 0 Å². The zero-order valence-corrected chi connectivity index (χ0v) is 10.2. The summed E-state index contributed by atoms with van der Waals surface area (Å²) >= 11 is 0. The fraction of sp³-hybridized carbons (Fsp3) is 1.00. The molecule has 0 radical (unpaired) electrons. The van der Waals surface area contributed by atoms with Crippen LogP contribution in [-0.4, -0.2) is 25.9 Å². The van der Waals surface area contributed by atoms with Crippen LogP contribution in [0.1, 0.15) is 58.3 Å². The first-order valence-corrected chi connectivity index (χ1v) is 6.63. The monoisotopic (exact) mass is 214 g/mol. The molecule has 0 unspecified atom stereocenters. The van der Waals surface area contributed by atoms with Gasteiger partial charge in [0.15, 0.2) is 0 Å². The maximum atomic E-state index is 5.48. The fourth-order valence-corrected chi connectivity index (χ4v) is 1.72. The molecular weight excluding hydrogens is 188 g/mol. The Kier molecular flexibility index (Phi) is 7.94. The van der Waals surface area contributed by atoms with Gasteiger partial charge in [0.25, 0.3) is 0 Å². The molecule has 1 rings (SSSR count). The maximum absolute atomic E-state index is 5.48. The predicted octanol–water partition coefficient (Wildman–Crippen LogP) is 3.54. The Bertz CT molecular complexity index is 132. The van der Waals surface area contributed by atoms with Crippen molar-refractivity contribution in [3.05, 3.63) is 0 Å². The summed E-state index contributed by atoms with van der Waals surface area (Å²) in [6.45, 7) is 4.92. The van der Waals surface area contributed by atoms with Gasteiger partial charge in [-0.3, -0.25) is 0 Å². The molecule has 0 spiro atoms. The van der Waals surface area contributed by atoms with Gasteiger partial charge in [0.2, 0.25) is 0 Å². The molecule has 0 aromatic carbocycles. The SMILES string of the molecule is CCCCCCCCCCOC[C@@H]1CO1. The number of hydrogen-bond acceptors (Lipinski definition) is 2. The van der Waals surface area contributed by atoms with Crippen LogP contribution in [0.5, 0.6) is 0 Å². The van der Waals surface area contributed by atoms with E-state index in [1.165, 1.54) is 51.4 Å². The molecular formula is C13H26O2. The first kappa shape index (κ1) is 13.0. The Hall–Kier alpha value is -0.0800. The van der Waals surface area contributed by atoms with Gasteiger partial charge in [0.05, 0.1) is 13.2 Å². The van der Waals surface area contributed by atoms with Crippen molar-refractivity contribution in [2.45, 2.75) is 64.4 Å². The second-order valence-electron chi connectivity index (χ2n) is 4.51.